The number of aromatic nitrogens is 3. The van der Waals surface area contributed by atoms with Crippen molar-refractivity contribution in [1.82, 2.24) is 19.7 Å². The highest BCUT2D eigenvalue weighted by atomic mass is 35.5. The number of ether oxygens (including phenoxy) is 1. The number of halogens is 2. The first kappa shape index (κ1) is 18.6. The third-order valence-corrected chi connectivity index (χ3v) is 5.31. The van der Waals surface area contributed by atoms with E-state index in [0.29, 0.717) is 23.7 Å². The van der Waals surface area contributed by atoms with Crippen LogP contribution >= 0.6 is 23.4 Å². The summed E-state index contributed by atoms with van der Waals surface area (Å²) in [5.41, 5.74) is 0.502. The van der Waals surface area contributed by atoms with Crippen molar-refractivity contribution in [3.63, 3.8) is 0 Å². The fourth-order valence-corrected chi connectivity index (χ4v) is 3.76. The van der Waals surface area contributed by atoms with Gasteiger partial charge in [0.2, 0.25) is 0 Å². The van der Waals surface area contributed by atoms with Crippen LogP contribution in [0.3, 0.4) is 0 Å². The SMILES string of the molecule is CSc1nnc(CN(C)Cc2c(F)cccc2Cl)n1C[C@H]1CCCO1. The van der Waals surface area contributed by atoms with E-state index < -0.39 is 0 Å². The molecule has 136 valence electrons. The van der Waals surface area contributed by atoms with Crippen LogP contribution in [0.5, 0.6) is 0 Å². The van der Waals surface area contributed by atoms with Gasteiger partial charge in [0, 0.05) is 23.7 Å². The lowest BCUT2D eigenvalue weighted by Crippen LogP contribution is -2.23. The van der Waals surface area contributed by atoms with Crippen molar-refractivity contribution in [1.29, 1.82) is 0 Å². The van der Waals surface area contributed by atoms with Crippen molar-refractivity contribution in [2.45, 2.75) is 43.7 Å². The van der Waals surface area contributed by atoms with Crippen LogP contribution in [0.4, 0.5) is 4.39 Å². The van der Waals surface area contributed by atoms with Gasteiger partial charge in [-0.2, -0.15) is 0 Å². The molecule has 0 radical (unpaired) electrons. The topological polar surface area (TPSA) is 43.2 Å². The van der Waals surface area contributed by atoms with Crippen LogP contribution in [-0.4, -0.2) is 45.7 Å². The number of thioether (sulfide) groups is 1. The van der Waals surface area contributed by atoms with Gasteiger partial charge in [-0.1, -0.05) is 29.4 Å². The van der Waals surface area contributed by atoms with Crippen molar-refractivity contribution in [2.75, 3.05) is 19.9 Å². The van der Waals surface area contributed by atoms with E-state index in [0.717, 1.165) is 37.0 Å². The average molecular weight is 385 g/mol. The highest BCUT2D eigenvalue weighted by molar-refractivity contribution is 7.98. The van der Waals surface area contributed by atoms with Crippen LogP contribution < -0.4 is 0 Å². The van der Waals surface area contributed by atoms with Crippen LogP contribution in [-0.2, 0) is 24.4 Å². The lowest BCUT2D eigenvalue weighted by Gasteiger charge is -2.19. The molecule has 1 aromatic carbocycles. The first-order valence-electron chi connectivity index (χ1n) is 8.27. The maximum Gasteiger partial charge on any atom is 0.191 e. The van der Waals surface area contributed by atoms with Gasteiger partial charge in [-0.25, -0.2) is 4.39 Å². The molecule has 0 N–H and O–H groups in total. The molecule has 2 aromatic rings. The van der Waals surface area contributed by atoms with Gasteiger partial charge in [0.25, 0.3) is 0 Å². The fraction of sp³-hybridized carbons (Fsp3) is 0.529. The Morgan fingerprint density at radius 3 is 2.92 bits per heavy atom. The minimum atomic E-state index is -0.287. The van der Waals surface area contributed by atoms with Crippen molar-refractivity contribution >= 4 is 23.4 Å². The molecule has 2 heterocycles. The zero-order valence-electron chi connectivity index (χ0n) is 14.4. The summed E-state index contributed by atoms with van der Waals surface area (Å²) in [5, 5.41) is 9.91. The first-order chi connectivity index (χ1) is 12.1. The molecule has 8 heteroatoms. The summed E-state index contributed by atoms with van der Waals surface area (Å²) in [5.74, 6) is 0.569. The largest absolute Gasteiger partial charge is 0.376 e. The predicted molar refractivity (Wildman–Crippen MR) is 97.4 cm³/mol. The van der Waals surface area contributed by atoms with Crippen molar-refractivity contribution < 1.29 is 9.13 Å². The average Bonchev–Trinajstić information content (AvgIpc) is 3.22. The highest BCUT2D eigenvalue weighted by Crippen LogP contribution is 2.23. The van der Waals surface area contributed by atoms with E-state index in [4.69, 9.17) is 16.3 Å². The monoisotopic (exact) mass is 384 g/mol. The molecule has 0 saturated carbocycles. The molecule has 1 aliphatic heterocycles. The summed E-state index contributed by atoms with van der Waals surface area (Å²) < 4.78 is 21.9. The molecule has 5 nitrogen and oxygen atoms in total. The zero-order valence-corrected chi connectivity index (χ0v) is 16.0. The molecule has 1 aliphatic rings. The summed E-state index contributed by atoms with van der Waals surface area (Å²) in [7, 11) is 1.92. The Balaban J connectivity index is 1.72. The second-order valence-corrected chi connectivity index (χ2v) is 7.40. The van der Waals surface area contributed by atoms with Crippen molar-refractivity contribution in [3.8, 4) is 0 Å². The Labute approximate surface area is 156 Å². The van der Waals surface area contributed by atoms with Gasteiger partial charge >= 0.3 is 0 Å². The second kappa shape index (κ2) is 8.49. The summed E-state index contributed by atoms with van der Waals surface area (Å²) in [6.07, 6.45) is 4.36. The molecule has 1 saturated heterocycles. The van der Waals surface area contributed by atoms with Crippen LogP contribution in [0.2, 0.25) is 5.02 Å². The lowest BCUT2D eigenvalue weighted by atomic mass is 10.2. The van der Waals surface area contributed by atoms with E-state index in [1.165, 1.54) is 6.07 Å². The third-order valence-electron chi connectivity index (χ3n) is 4.29. The molecule has 0 spiro atoms. The van der Waals surface area contributed by atoms with Crippen LogP contribution in [0.1, 0.15) is 24.2 Å². The molecule has 0 bridgehead atoms. The molecule has 1 atom stereocenters. The number of hydrogen-bond acceptors (Lipinski definition) is 5. The molecular formula is C17H22ClFN4OS. The summed E-state index contributed by atoms with van der Waals surface area (Å²) in [4.78, 5) is 1.99. The van der Waals surface area contributed by atoms with E-state index in [2.05, 4.69) is 14.8 Å². The van der Waals surface area contributed by atoms with E-state index in [1.54, 1.807) is 23.9 Å². The van der Waals surface area contributed by atoms with Crippen LogP contribution in [0.15, 0.2) is 23.4 Å². The summed E-state index contributed by atoms with van der Waals surface area (Å²) >= 11 is 7.70. The van der Waals surface area contributed by atoms with Gasteiger partial charge in [-0.15, -0.1) is 10.2 Å². The summed E-state index contributed by atoms with van der Waals surface area (Å²) in [6, 6.07) is 4.75. The zero-order chi connectivity index (χ0) is 17.8. The Morgan fingerprint density at radius 1 is 1.40 bits per heavy atom. The van der Waals surface area contributed by atoms with Gasteiger partial charge in [0.15, 0.2) is 5.16 Å². The molecule has 3 rings (SSSR count). The smallest absolute Gasteiger partial charge is 0.191 e. The molecule has 0 aliphatic carbocycles. The number of nitrogens with zero attached hydrogens (tertiary/aromatic N) is 4. The first-order valence-corrected chi connectivity index (χ1v) is 9.88. The normalized spacial score (nSPS) is 17.6. The van der Waals surface area contributed by atoms with Crippen molar-refractivity contribution in [3.05, 3.63) is 40.4 Å². The quantitative estimate of drug-likeness (QED) is 0.682. The summed E-state index contributed by atoms with van der Waals surface area (Å²) in [6.45, 7) is 2.55. The Morgan fingerprint density at radius 2 is 2.24 bits per heavy atom. The molecule has 25 heavy (non-hydrogen) atoms. The van der Waals surface area contributed by atoms with Gasteiger partial charge in [0.05, 0.1) is 19.2 Å². The van der Waals surface area contributed by atoms with E-state index >= 15 is 0 Å². The Hall–Kier alpha value is -1.15. The third kappa shape index (κ3) is 4.53. The van der Waals surface area contributed by atoms with Crippen LogP contribution in [0, 0.1) is 5.82 Å². The molecule has 0 unspecified atom stereocenters. The van der Waals surface area contributed by atoms with Crippen LogP contribution in [0.25, 0.3) is 0 Å². The van der Waals surface area contributed by atoms with Gasteiger partial charge in [-0.3, -0.25) is 4.90 Å². The van der Waals surface area contributed by atoms with Crippen molar-refractivity contribution in [2.24, 2.45) is 0 Å². The van der Waals surface area contributed by atoms with E-state index in [-0.39, 0.29) is 11.9 Å². The van der Waals surface area contributed by atoms with E-state index in [1.807, 2.05) is 18.2 Å². The minimum Gasteiger partial charge on any atom is -0.376 e. The molecule has 0 amide bonds. The number of benzene rings is 1. The second-order valence-electron chi connectivity index (χ2n) is 6.22. The maximum absolute atomic E-state index is 14.0. The maximum atomic E-state index is 14.0. The molecular weight excluding hydrogens is 363 g/mol. The molecule has 1 aromatic heterocycles. The minimum absolute atomic E-state index is 0.215. The van der Waals surface area contributed by atoms with Gasteiger partial charge in [0.1, 0.15) is 11.6 Å². The Kier molecular flexibility index (Phi) is 6.33. The lowest BCUT2D eigenvalue weighted by molar-refractivity contribution is 0.0934. The highest BCUT2D eigenvalue weighted by Gasteiger charge is 2.21. The van der Waals surface area contributed by atoms with E-state index in [9.17, 15) is 4.39 Å². The standard InChI is InChI=1S/C17H22ClFN4OS/c1-22(10-13-14(18)6-3-7-15(13)19)11-16-20-21-17(25-2)23(16)9-12-5-4-8-24-12/h3,6-7,12H,4-5,8-11H2,1-2H3/t12-/m1/s1. The Bertz CT molecular complexity index is 700. The predicted octanol–water partition coefficient (Wildman–Crippen LogP) is 3.60. The number of rotatable bonds is 7. The fourth-order valence-electron chi connectivity index (χ4n) is 3.01. The van der Waals surface area contributed by atoms with Gasteiger partial charge in [-0.05, 0) is 38.3 Å². The van der Waals surface area contributed by atoms with Gasteiger partial charge < -0.3 is 9.30 Å². The number of hydrogen-bond donors (Lipinski definition) is 0. The molecule has 1 fully saturated rings.